The zero-order chi connectivity index (χ0) is 16.4. The maximum Gasteiger partial charge on any atom is 0.178 e. The molecule has 4 rings (SSSR count). The van der Waals surface area contributed by atoms with Gasteiger partial charge in [0.25, 0.3) is 0 Å². The van der Waals surface area contributed by atoms with Crippen LogP contribution in [0.4, 0.5) is 4.39 Å². The molecule has 0 aliphatic heterocycles. The van der Waals surface area contributed by atoms with Gasteiger partial charge in [-0.25, -0.2) is 24.3 Å². The van der Waals surface area contributed by atoms with Gasteiger partial charge in [-0.3, -0.25) is 4.98 Å². The van der Waals surface area contributed by atoms with E-state index in [1.165, 1.54) is 23.6 Å². The molecule has 5 nitrogen and oxygen atoms in total. The molecule has 0 aliphatic carbocycles. The highest BCUT2D eigenvalue weighted by molar-refractivity contribution is 7.18. The largest absolute Gasteiger partial charge is 0.261 e. The summed E-state index contributed by atoms with van der Waals surface area (Å²) in [4.78, 5) is 22.1. The average molecular weight is 335 g/mol. The van der Waals surface area contributed by atoms with Gasteiger partial charge in [0.15, 0.2) is 5.82 Å². The second-order valence-electron chi connectivity index (χ2n) is 4.90. The Kier molecular flexibility index (Phi) is 3.76. The van der Waals surface area contributed by atoms with Crippen molar-refractivity contribution in [3.63, 3.8) is 0 Å². The predicted molar refractivity (Wildman–Crippen MR) is 89.6 cm³/mol. The first kappa shape index (κ1) is 14.5. The second-order valence-corrected chi connectivity index (χ2v) is 5.93. The van der Waals surface area contributed by atoms with Crippen molar-refractivity contribution >= 4 is 11.3 Å². The fourth-order valence-corrected chi connectivity index (χ4v) is 3.05. The molecular formula is C17H10FN5S. The molecule has 0 atom stereocenters. The molecule has 7 heteroatoms. The van der Waals surface area contributed by atoms with E-state index in [4.69, 9.17) is 0 Å². The van der Waals surface area contributed by atoms with Crippen LogP contribution in [0.2, 0.25) is 0 Å². The van der Waals surface area contributed by atoms with Crippen molar-refractivity contribution < 1.29 is 4.39 Å². The number of hydrogen-bond donors (Lipinski definition) is 0. The van der Waals surface area contributed by atoms with Crippen LogP contribution < -0.4 is 0 Å². The van der Waals surface area contributed by atoms with Gasteiger partial charge in [-0.05, 0) is 24.3 Å². The molecule has 0 unspecified atom stereocenters. The summed E-state index contributed by atoms with van der Waals surface area (Å²) in [5, 5.41) is 0.695. The number of nitrogens with zero attached hydrogens (tertiary/aromatic N) is 5. The Balaban J connectivity index is 1.70. The summed E-state index contributed by atoms with van der Waals surface area (Å²) in [6.07, 6.45) is 7.84. The van der Waals surface area contributed by atoms with Gasteiger partial charge in [-0.2, -0.15) is 0 Å². The lowest BCUT2D eigenvalue weighted by Gasteiger charge is -2.01. The van der Waals surface area contributed by atoms with E-state index in [1.54, 1.807) is 30.9 Å². The summed E-state index contributed by atoms with van der Waals surface area (Å²) in [5.74, 6) is 0.184. The molecule has 4 heterocycles. The van der Waals surface area contributed by atoms with E-state index < -0.39 is 0 Å². The zero-order valence-electron chi connectivity index (χ0n) is 12.3. The standard InChI is InChI=1S/C17H10FN5S/c18-12-7-11(8-19-9-12)17-22-10-15(24-17)13-3-1-4-14(23-13)16-20-5-2-6-21-16/h1-10H. The van der Waals surface area contributed by atoms with Crippen LogP contribution in [0.25, 0.3) is 32.7 Å². The molecule has 116 valence electrons. The Bertz CT molecular complexity index is 987. The van der Waals surface area contributed by atoms with Gasteiger partial charge >= 0.3 is 0 Å². The van der Waals surface area contributed by atoms with E-state index >= 15 is 0 Å². The first-order valence-corrected chi connectivity index (χ1v) is 7.93. The highest BCUT2D eigenvalue weighted by Gasteiger charge is 2.10. The summed E-state index contributed by atoms with van der Waals surface area (Å²) in [6.45, 7) is 0. The highest BCUT2D eigenvalue weighted by atomic mass is 32.1. The Morgan fingerprint density at radius 1 is 0.875 bits per heavy atom. The number of thiazole rings is 1. The summed E-state index contributed by atoms with van der Waals surface area (Å²) < 4.78 is 13.3. The summed E-state index contributed by atoms with van der Waals surface area (Å²) in [5.41, 5.74) is 2.11. The summed E-state index contributed by atoms with van der Waals surface area (Å²) >= 11 is 1.43. The van der Waals surface area contributed by atoms with E-state index in [1.807, 2.05) is 18.2 Å². The average Bonchev–Trinajstić information content (AvgIpc) is 3.13. The van der Waals surface area contributed by atoms with E-state index in [-0.39, 0.29) is 5.82 Å². The number of halogens is 1. The highest BCUT2D eigenvalue weighted by Crippen LogP contribution is 2.31. The molecular weight excluding hydrogens is 325 g/mol. The Morgan fingerprint density at radius 2 is 1.71 bits per heavy atom. The summed E-state index contributed by atoms with van der Waals surface area (Å²) in [6, 6.07) is 8.83. The van der Waals surface area contributed by atoms with Crippen LogP contribution in [0.5, 0.6) is 0 Å². The van der Waals surface area contributed by atoms with Crippen LogP contribution in [0, 0.1) is 5.82 Å². The summed E-state index contributed by atoms with van der Waals surface area (Å²) in [7, 11) is 0. The number of rotatable bonds is 3. The van der Waals surface area contributed by atoms with Crippen LogP contribution >= 0.6 is 11.3 Å². The van der Waals surface area contributed by atoms with Crippen molar-refractivity contribution in [3.8, 4) is 32.7 Å². The van der Waals surface area contributed by atoms with Crippen molar-refractivity contribution in [2.24, 2.45) is 0 Å². The predicted octanol–water partition coefficient (Wildman–Crippen LogP) is 3.86. The molecule has 0 aromatic carbocycles. The lowest BCUT2D eigenvalue weighted by molar-refractivity contribution is 0.622. The van der Waals surface area contributed by atoms with Gasteiger partial charge in [0.2, 0.25) is 0 Å². The SMILES string of the molecule is Fc1cncc(-c2ncc(-c3cccc(-c4ncccn4)n3)s2)c1. The van der Waals surface area contributed by atoms with Gasteiger partial charge in [-0.15, -0.1) is 11.3 Å². The van der Waals surface area contributed by atoms with Gasteiger partial charge in [-0.1, -0.05) is 6.07 Å². The minimum Gasteiger partial charge on any atom is -0.261 e. The topological polar surface area (TPSA) is 64.5 Å². The molecule has 0 spiro atoms. The molecule has 0 saturated heterocycles. The van der Waals surface area contributed by atoms with Crippen LogP contribution in [0.15, 0.2) is 61.3 Å². The van der Waals surface area contributed by atoms with Gasteiger partial charge < -0.3 is 0 Å². The number of hydrogen-bond acceptors (Lipinski definition) is 6. The molecule has 0 aliphatic rings. The molecule has 24 heavy (non-hydrogen) atoms. The normalized spacial score (nSPS) is 10.7. The molecule has 0 bridgehead atoms. The lowest BCUT2D eigenvalue weighted by atomic mass is 10.2. The van der Waals surface area contributed by atoms with E-state index in [0.29, 0.717) is 22.1 Å². The molecule has 0 N–H and O–H groups in total. The smallest absolute Gasteiger partial charge is 0.178 e. The monoisotopic (exact) mass is 335 g/mol. The van der Waals surface area contributed by atoms with Crippen LogP contribution in [-0.2, 0) is 0 Å². The van der Waals surface area contributed by atoms with Crippen molar-refractivity contribution in [1.29, 1.82) is 0 Å². The van der Waals surface area contributed by atoms with Crippen molar-refractivity contribution in [3.05, 3.63) is 67.1 Å². The van der Waals surface area contributed by atoms with Crippen LogP contribution in [0.3, 0.4) is 0 Å². The van der Waals surface area contributed by atoms with E-state index in [9.17, 15) is 4.39 Å². The van der Waals surface area contributed by atoms with Gasteiger partial charge in [0, 0.05) is 30.4 Å². The van der Waals surface area contributed by atoms with E-state index in [0.717, 1.165) is 10.6 Å². The Morgan fingerprint density at radius 3 is 2.54 bits per heavy atom. The second kappa shape index (κ2) is 6.21. The van der Waals surface area contributed by atoms with Crippen molar-refractivity contribution in [1.82, 2.24) is 24.9 Å². The quantitative estimate of drug-likeness (QED) is 0.569. The Labute approximate surface area is 141 Å². The maximum atomic E-state index is 13.3. The number of aromatic nitrogens is 5. The third-order valence-electron chi connectivity index (χ3n) is 3.25. The maximum absolute atomic E-state index is 13.3. The fourth-order valence-electron chi connectivity index (χ4n) is 2.18. The molecule has 0 radical (unpaired) electrons. The van der Waals surface area contributed by atoms with Crippen molar-refractivity contribution in [2.75, 3.05) is 0 Å². The molecule has 4 aromatic rings. The van der Waals surface area contributed by atoms with E-state index in [2.05, 4.69) is 24.9 Å². The third-order valence-corrected chi connectivity index (χ3v) is 4.32. The number of pyridine rings is 2. The van der Waals surface area contributed by atoms with Crippen LogP contribution in [0.1, 0.15) is 0 Å². The Hall–Kier alpha value is -3.06. The lowest BCUT2D eigenvalue weighted by Crippen LogP contribution is -1.91. The molecule has 0 fully saturated rings. The first-order chi connectivity index (χ1) is 11.8. The molecule has 0 amide bonds. The van der Waals surface area contributed by atoms with Crippen LogP contribution in [-0.4, -0.2) is 24.9 Å². The van der Waals surface area contributed by atoms with Crippen molar-refractivity contribution in [2.45, 2.75) is 0 Å². The van der Waals surface area contributed by atoms with Gasteiger partial charge in [0.05, 0.1) is 16.8 Å². The first-order valence-electron chi connectivity index (χ1n) is 7.11. The van der Waals surface area contributed by atoms with Gasteiger partial charge in [0.1, 0.15) is 16.5 Å². The molecule has 4 aromatic heterocycles. The fraction of sp³-hybridized carbons (Fsp3) is 0. The third kappa shape index (κ3) is 2.89. The molecule has 0 saturated carbocycles. The minimum atomic E-state index is -0.384. The minimum absolute atomic E-state index is 0.384. The zero-order valence-corrected chi connectivity index (χ0v) is 13.1.